The third-order valence-corrected chi connectivity index (χ3v) is 5.91. The van der Waals surface area contributed by atoms with Crippen molar-refractivity contribution in [1.29, 1.82) is 0 Å². The van der Waals surface area contributed by atoms with Crippen LogP contribution in [0.25, 0.3) is 0 Å². The molecule has 0 spiro atoms. The van der Waals surface area contributed by atoms with Crippen LogP contribution in [0, 0.1) is 0 Å². The maximum absolute atomic E-state index is 10.0. The van der Waals surface area contributed by atoms with Crippen LogP contribution in [0.1, 0.15) is 19.4 Å². The molecule has 1 aromatic carbocycles. The first-order valence-electron chi connectivity index (χ1n) is 5.18. The molecule has 4 heteroatoms. The van der Waals surface area contributed by atoms with Crippen molar-refractivity contribution < 1.29 is 14.3 Å². The number of benzene rings is 1. The van der Waals surface area contributed by atoms with Gasteiger partial charge >= 0.3 is 90.3 Å². The molecule has 0 unspecified atom stereocenters. The standard InChI is InChI=1S/C11H19O3P/c1-3-15(12,13,4-2)14-10-11-8-6-5-7-9-11/h5-9,12-13H,3-4,10H2,1-2H3. The van der Waals surface area contributed by atoms with Crippen molar-refractivity contribution in [3.63, 3.8) is 0 Å². The van der Waals surface area contributed by atoms with E-state index in [1.807, 2.05) is 30.3 Å². The van der Waals surface area contributed by atoms with Gasteiger partial charge in [-0.25, -0.2) is 0 Å². The van der Waals surface area contributed by atoms with Crippen LogP contribution in [0.5, 0.6) is 0 Å². The molecule has 0 radical (unpaired) electrons. The van der Waals surface area contributed by atoms with Gasteiger partial charge in [0.2, 0.25) is 0 Å². The summed E-state index contributed by atoms with van der Waals surface area (Å²) >= 11 is 0. The van der Waals surface area contributed by atoms with E-state index in [4.69, 9.17) is 4.52 Å². The molecule has 3 nitrogen and oxygen atoms in total. The summed E-state index contributed by atoms with van der Waals surface area (Å²) in [4.78, 5) is 20.0. The Morgan fingerprint density at radius 1 is 1.07 bits per heavy atom. The van der Waals surface area contributed by atoms with E-state index >= 15 is 0 Å². The molecule has 0 fully saturated rings. The van der Waals surface area contributed by atoms with E-state index in [9.17, 15) is 9.79 Å². The van der Waals surface area contributed by atoms with Crippen molar-refractivity contribution in [3.05, 3.63) is 35.9 Å². The van der Waals surface area contributed by atoms with Crippen molar-refractivity contribution in [2.24, 2.45) is 0 Å². The van der Waals surface area contributed by atoms with Gasteiger partial charge in [0.1, 0.15) is 0 Å². The normalized spacial score (nSPS) is 14.5. The van der Waals surface area contributed by atoms with E-state index in [2.05, 4.69) is 0 Å². The number of hydrogen-bond donors (Lipinski definition) is 2. The van der Waals surface area contributed by atoms with Gasteiger partial charge in [-0.2, -0.15) is 0 Å². The fraction of sp³-hybridized carbons (Fsp3) is 0.455. The summed E-state index contributed by atoms with van der Waals surface area (Å²) in [7, 11) is -3.85. The van der Waals surface area contributed by atoms with Gasteiger partial charge in [0, 0.05) is 0 Å². The Morgan fingerprint density at radius 2 is 1.60 bits per heavy atom. The first kappa shape index (κ1) is 12.6. The molecule has 15 heavy (non-hydrogen) atoms. The van der Waals surface area contributed by atoms with Crippen molar-refractivity contribution in [2.75, 3.05) is 12.3 Å². The zero-order valence-electron chi connectivity index (χ0n) is 9.26. The summed E-state index contributed by atoms with van der Waals surface area (Å²) in [5.41, 5.74) is 0.955. The SMILES string of the molecule is CCP(O)(O)(CC)OCc1ccccc1. The molecule has 0 saturated carbocycles. The van der Waals surface area contributed by atoms with Crippen LogP contribution in [0.2, 0.25) is 0 Å². The Balaban J connectivity index is 2.64. The molecule has 0 saturated heterocycles. The Labute approximate surface area is 90.9 Å². The Hall–Kier alpha value is -0.470. The van der Waals surface area contributed by atoms with E-state index in [1.54, 1.807) is 13.8 Å². The molecular formula is C11H19O3P. The van der Waals surface area contributed by atoms with Gasteiger partial charge < -0.3 is 0 Å². The van der Waals surface area contributed by atoms with Crippen LogP contribution in [-0.4, -0.2) is 22.1 Å². The molecule has 0 aliphatic carbocycles. The summed E-state index contributed by atoms with van der Waals surface area (Å²) in [6, 6.07) is 9.53. The van der Waals surface area contributed by atoms with Crippen LogP contribution >= 0.6 is 7.28 Å². The Kier molecular flexibility index (Phi) is 3.85. The van der Waals surface area contributed by atoms with Crippen LogP contribution in [-0.2, 0) is 11.1 Å². The predicted molar refractivity (Wildman–Crippen MR) is 63.7 cm³/mol. The van der Waals surface area contributed by atoms with Crippen LogP contribution in [0.3, 0.4) is 0 Å². The second-order valence-corrected chi connectivity index (χ2v) is 7.82. The maximum atomic E-state index is 10.0. The first-order valence-corrected chi connectivity index (χ1v) is 7.61. The van der Waals surface area contributed by atoms with Crippen molar-refractivity contribution in [1.82, 2.24) is 0 Å². The number of hydrogen-bond acceptors (Lipinski definition) is 3. The molecule has 1 aromatic rings. The third kappa shape index (κ3) is 3.54. The molecular weight excluding hydrogens is 211 g/mol. The van der Waals surface area contributed by atoms with Gasteiger partial charge in [-0.15, -0.1) is 0 Å². The summed E-state index contributed by atoms with van der Waals surface area (Å²) in [5, 5.41) is 0. The van der Waals surface area contributed by atoms with Gasteiger partial charge in [-0.1, -0.05) is 0 Å². The second-order valence-electron chi connectivity index (χ2n) is 3.69. The zero-order chi connectivity index (χ0) is 11.4. The van der Waals surface area contributed by atoms with E-state index < -0.39 is 7.28 Å². The van der Waals surface area contributed by atoms with Crippen molar-refractivity contribution >= 4 is 7.28 Å². The van der Waals surface area contributed by atoms with Gasteiger partial charge in [0.25, 0.3) is 0 Å². The summed E-state index contributed by atoms with van der Waals surface area (Å²) < 4.78 is 5.34. The van der Waals surface area contributed by atoms with Crippen molar-refractivity contribution in [2.45, 2.75) is 20.5 Å². The molecule has 0 aliphatic heterocycles. The minimum absolute atomic E-state index is 0.257. The Morgan fingerprint density at radius 3 is 2.07 bits per heavy atom. The van der Waals surface area contributed by atoms with Gasteiger partial charge in [0.05, 0.1) is 0 Å². The average Bonchev–Trinajstić information content (AvgIpc) is 2.29. The van der Waals surface area contributed by atoms with E-state index in [1.165, 1.54) is 0 Å². The minimum atomic E-state index is -3.85. The average molecular weight is 230 g/mol. The second kappa shape index (κ2) is 4.58. The van der Waals surface area contributed by atoms with Gasteiger partial charge in [-0.3, -0.25) is 0 Å². The summed E-state index contributed by atoms with van der Waals surface area (Å²) in [6.45, 7) is 3.74. The quantitative estimate of drug-likeness (QED) is 0.764. The van der Waals surface area contributed by atoms with E-state index in [0.29, 0.717) is 0 Å². The summed E-state index contributed by atoms with van der Waals surface area (Å²) in [5.74, 6) is 0. The third-order valence-electron chi connectivity index (χ3n) is 2.64. The molecule has 1 rings (SSSR count). The molecule has 2 N–H and O–H groups in total. The monoisotopic (exact) mass is 230 g/mol. The molecule has 0 bridgehead atoms. The first-order chi connectivity index (χ1) is 6.98. The van der Waals surface area contributed by atoms with Crippen LogP contribution in [0.15, 0.2) is 30.3 Å². The molecule has 0 heterocycles. The number of rotatable bonds is 5. The molecule has 0 atom stereocenters. The predicted octanol–water partition coefficient (Wildman–Crippen LogP) is 2.53. The zero-order valence-corrected chi connectivity index (χ0v) is 10.2. The van der Waals surface area contributed by atoms with Gasteiger partial charge in [0.15, 0.2) is 0 Å². The van der Waals surface area contributed by atoms with Crippen LogP contribution < -0.4 is 0 Å². The molecule has 0 amide bonds. The topological polar surface area (TPSA) is 49.7 Å². The molecule has 0 aliphatic rings. The molecule has 86 valence electrons. The van der Waals surface area contributed by atoms with Crippen LogP contribution in [0.4, 0.5) is 0 Å². The van der Waals surface area contributed by atoms with E-state index in [0.717, 1.165) is 5.56 Å². The van der Waals surface area contributed by atoms with E-state index in [-0.39, 0.29) is 18.9 Å². The fourth-order valence-corrected chi connectivity index (χ4v) is 2.46. The fourth-order valence-electron chi connectivity index (χ4n) is 1.20. The molecule has 0 aromatic heterocycles. The summed E-state index contributed by atoms with van der Waals surface area (Å²) in [6.07, 6.45) is 0.546. The van der Waals surface area contributed by atoms with Gasteiger partial charge in [-0.05, 0) is 0 Å². The Bertz CT molecular complexity index is 303. The van der Waals surface area contributed by atoms with Crippen molar-refractivity contribution in [3.8, 4) is 0 Å².